The summed E-state index contributed by atoms with van der Waals surface area (Å²) >= 11 is 0. The van der Waals surface area contributed by atoms with Gasteiger partial charge in [-0.25, -0.2) is 0 Å². The molecule has 1 saturated heterocycles. The zero-order valence-electron chi connectivity index (χ0n) is 16.0. The van der Waals surface area contributed by atoms with Gasteiger partial charge in [-0.2, -0.15) is 0 Å². The fourth-order valence-electron chi connectivity index (χ4n) is 4.90. The Hall–Kier alpha value is -2.57. The van der Waals surface area contributed by atoms with Gasteiger partial charge in [-0.1, -0.05) is 0 Å². The number of nitrogens with one attached hydrogen (secondary N) is 2. The Morgan fingerprint density at radius 1 is 1.32 bits per heavy atom. The van der Waals surface area contributed by atoms with Crippen LogP contribution in [0.25, 0.3) is 0 Å². The quantitative estimate of drug-likeness (QED) is 0.797. The summed E-state index contributed by atoms with van der Waals surface area (Å²) < 4.78 is 11.4. The van der Waals surface area contributed by atoms with Crippen molar-refractivity contribution in [3.63, 3.8) is 0 Å². The van der Waals surface area contributed by atoms with Crippen molar-refractivity contribution in [2.24, 2.45) is 0 Å². The molecule has 3 aliphatic heterocycles. The summed E-state index contributed by atoms with van der Waals surface area (Å²) in [4.78, 5) is 13.6. The van der Waals surface area contributed by atoms with E-state index in [1.807, 2.05) is 6.07 Å². The van der Waals surface area contributed by atoms with E-state index in [1.165, 1.54) is 23.2 Å². The lowest BCUT2D eigenvalue weighted by Crippen LogP contribution is -2.44. The van der Waals surface area contributed by atoms with Crippen molar-refractivity contribution in [1.82, 2.24) is 5.32 Å². The minimum absolute atomic E-state index is 0.515. The van der Waals surface area contributed by atoms with Gasteiger partial charge in [0.05, 0.1) is 26.0 Å². The second kappa shape index (κ2) is 7.11. The smallest absolute Gasteiger partial charge is 0.150 e. The Bertz CT molecular complexity index is 914. The molecule has 0 spiro atoms. The zero-order valence-corrected chi connectivity index (χ0v) is 16.0. The molecule has 2 aromatic rings. The molecule has 0 aromatic heterocycles. The lowest BCUT2D eigenvalue weighted by molar-refractivity contribution is 0.112. The minimum Gasteiger partial charge on any atom is -0.495 e. The summed E-state index contributed by atoms with van der Waals surface area (Å²) in [6.45, 7) is 4.48. The SMILES string of the molecule is COc1cc(C=O)ccc1Nc1cc2c3c(c1)C1CNCCC1N3CCOC2. The van der Waals surface area contributed by atoms with Crippen LogP contribution < -0.4 is 20.3 Å². The van der Waals surface area contributed by atoms with Gasteiger partial charge in [-0.15, -0.1) is 0 Å². The highest BCUT2D eigenvalue weighted by atomic mass is 16.5. The molecule has 1 fully saturated rings. The van der Waals surface area contributed by atoms with Crippen molar-refractivity contribution in [3.8, 4) is 5.75 Å². The second-order valence-corrected chi connectivity index (χ2v) is 7.69. The zero-order chi connectivity index (χ0) is 19.1. The largest absolute Gasteiger partial charge is 0.495 e. The van der Waals surface area contributed by atoms with Gasteiger partial charge in [0, 0.05) is 47.6 Å². The first-order chi connectivity index (χ1) is 13.8. The molecule has 2 N–H and O–H groups in total. The summed E-state index contributed by atoms with van der Waals surface area (Å²) in [6, 6.07) is 10.5. The summed E-state index contributed by atoms with van der Waals surface area (Å²) in [6.07, 6.45) is 2.00. The number of anilines is 3. The third kappa shape index (κ3) is 2.84. The maximum absolute atomic E-state index is 11.1. The number of carbonyl (C=O) groups excluding carboxylic acids is 1. The lowest BCUT2D eigenvalue weighted by atomic mass is 9.89. The Morgan fingerprint density at radius 3 is 3.11 bits per heavy atom. The summed E-state index contributed by atoms with van der Waals surface area (Å²) in [5.41, 5.74) is 6.51. The number of ether oxygens (including phenoxy) is 2. The molecule has 146 valence electrons. The first-order valence-electron chi connectivity index (χ1n) is 9.90. The Balaban J connectivity index is 1.55. The van der Waals surface area contributed by atoms with Crippen molar-refractivity contribution in [3.05, 3.63) is 47.0 Å². The maximum Gasteiger partial charge on any atom is 0.150 e. The van der Waals surface area contributed by atoms with Crippen LogP contribution in [0.5, 0.6) is 5.75 Å². The molecular weight excluding hydrogens is 354 g/mol. The summed E-state index contributed by atoms with van der Waals surface area (Å²) in [5, 5.41) is 7.06. The predicted octanol–water partition coefficient (Wildman–Crippen LogP) is 3.05. The molecule has 2 aromatic carbocycles. The number of hydrogen-bond acceptors (Lipinski definition) is 6. The van der Waals surface area contributed by atoms with E-state index in [0.29, 0.717) is 29.9 Å². The van der Waals surface area contributed by atoms with Gasteiger partial charge >= 0.3 is 0 Å². The van der Waals surface area contributed by atoms with Crippen LogP contribution in [0.4, 0.5) is 17.1 Å². The Labute approximate surface area is 164 Å². The first kappa shape index (κ1) is 17.5. The monoisotopic (exact) mass is 379 g/mol. The average molecular weight is 379 g/mol. The highest BCUT2D eigenvalue weighted by Gasteiger charge is 2.41. The van der Waals surface area contributed by atoms with Crippen LogP contribution in [0.15, 0.2) is 30.3 Å². The summed E-state index contributed by atoms with van der Waals surface area (Å²) in [7, 11) is 1.62. The molecule has 6 nitrogen and oxygen atoms in total. The molecule has 28 heavy (non-hydrogen) atoms. The number of benzene rings is 2. The van der Waals surface area contributed by atoms with Crippen LogP contribution >= 0.6 is 0 Å². The van der Waals surface area contributed by atoms with Crippen molar-refractivity contribution in [2.45, 2.75) is 25.0 Å². The molecule has 3 heterocycles. The van der Waals surface area contributed by atoms with Crippen LogP contribution in [0.3, 0.4) is 0 Å². The molecule has 6 heteroatoms. The topological polar surface area (TPSA) is 62.8 Å². The second-order valence-electron chi connectivity index (χ2n) is 7.69. The van der Waals surface area contributed by atoms with Crippen molar-refractivity contribution >= 4 is 23.3 Å². The fourth-order valence-corrected chi connectivity index (χ4v) is 4.90. The van der Waals surface area contributed by atoms with E-state index in [-0.39, 0.29) is 0 Å². The number of nitrogens with zero attached hydrogens (tertiary/aromatic N) is 1. The van der Waals surface area contributed by atoms with E-state index in [4.69, 9.17) is 9.47 Å². The van der Waals surface area contributed by atoms with Crippen LogP contribution in [-0.4, -0.2) is 45.7 Å². The van der Waals surface area contributed by atoms with Crippen molar-refractivity contribution < 1.29 is 14.3 Å². The van der Waals surface area contributed by atoms with Gasteiger partial charge in [0.1, 0.15) is 12.0 Å². The molecule has 5 rings (SSSR count). The minimum atomic E-state index is 0.515. The third-order valence-electron chi connectivity index (χ3n) is 6.13. The van der Waals surface area contributed by atoms with Crippen LogP contribution in [0.2, 0.25) is 0 Å². The fraction of sp³-hybridized carbons (Fsp3) is 0.409. The highest BCUT2D eigenvalue weighted by Crippen LogP contribution is 2.47. The number of carbonyl (C=O) groups is 1. The molecule has 0 aliphatic carbocycles. The van der Waals surface area contributed by atoms with Gasteiger partial charge < -0.3 is 25.0 Å². The molecule has 2 atom stereocenters. The standard InChI is InChI=1S/C22H25N3O3/c1-27-21-8-14(12-26)2-3-19(21)24-16-9-15-13-28-7-6-25-20-4-5-23-11-18(20)17(10-16)22(15)25/h2-3,8-10,12,18,20,23-24H,4-7,11,13H2,1H3. The van der Waals surface area contributed by atoms with Gasteiger partial charge in [0.25, 0.3) is 0 Å². The van der Waals surface area contributed by atoms with E-state index in [9.17, 15) is 4.79 Å². The van der Waals surface area contributed by atoms with E-state index in [0.717, 1.165) is 43.9 Å². The van der Waals surface area contributed by atoms with E-state index in [1.54, 1.807) is 19.2 Å². The average Bonchev–Trinajstić information content (AvgIpc) is 2.89. The van der Waals surface area contributed by atoms with Crippen LogP contribution in [0.1, 0.15) is 33.8 Å². The van der Waals surface area contributed by atoms with Gasteiger partial charge in [-0.3, -0.25) is 4.79 Å². The number of hydrogen-bond donors (Lipinski definition) is 2. The lowest BCUT2D eigenvalue weighted by Gasteiger charge is -2.33. The molecule has 0 radical (unpaired) electrons. The molecule has 2 unspecified atom stereocenters. The number of rotatable bonds is 4. The molecule has 0 saturated carbocycles. The van der Waals surface area contributed by atoms with Crippen LogP contribution in [0, 0.1) is 0 Å². The number of aldehydes is 1. The number of fused-ring (bicyclic) bond motifs is 3. The highest BCUT2D eigenvalue weighted by molar-refractivity contribution is 5.80. The number of piperidine rings is 1. The van der Waals surface area contributed by atoms with E-state index in [2.05, 4.69) is 27.7 Å². The normalized spacial score (nSPS) is 22.8. The predicted molar refractivity (Wildman–Crippen MR) is 109 cm³/mol. The molecule has 0 amide bonds. The third-order valence-corrected chi connectivity index (χ3v) is 6.13. The van der Waals surface area contributed by atoms with Crippen molar-refractivity contribution in [2.75, 3.05) is 43.6 Å². The van der Waals surface area contributed by atoms with Gasteiger partial charge in [-0.05, 0) is 48.9 Å². The van der Waals surface area contributed by atoms with Crippen molar-refractivity contribution in [1.29, 1.82) is 0 Å². The van der Waals surface area contributed by atoms with Gasteiger partial charge in [0.2, 0.25) is 0 Å². The molecular formula is C22H25N3O3. The van der Waals surface area contributed by atoms with E-state index >= 15 is 0 Å². The maximum atomic E-state index is 11.1. The Morgan fingerprint density at radius 2 is 2.25 bits per heavy atom. The molecule has 3 aliphatic rings. The number of methoxy groups -OCH3 is 1. The van der Waals surface area contributed by atoms with Crippen LogP contribution in [-0.2, 0) is 11.3 Å². The molecule has 0 bridgehead atoms. The van der Waals surface area contributed by atoms with E-state index < -0.39 is 0 Å². The summed E-state index contributed by atoms with van der Waals surface area (Å²) in [5.74, 6) is 1.17. The Kier molecular flexibility index (Phi) is 4.45. The first-order valence-corrected chi connectivity index (χ1v) is 9.90. The van der Waals surface area contributed by atoms with Gasteiger partial charge in [0.15, 0.2) is 0 Å².